The van der Waals surface area contributed by atoms with E-state index in [1.54, 1.807) is 30.6 Å². The second kappa shape index (κ2) is 6.00. The Balaban J connectivity index is 1.77. The molecule has 0 fully saturated rings. The van der Waals surface area contributed by atoms with E-state index in [0.29, 0.717) is 35.4 Å². The summed E-state index contributed by atoms with van der Waals surface area (Å²) in [5, 5.41) is 0. The van der Waals surface area contributed by atoms with Crippen LogP contribution in [0.3, 0.4) is 0 Å². The molecule has 126 valence electrons. The molecule has 0 saturated carbocycles. The van der Waals surface area contributed by atoms with Gasteiger partial charge in [-0.2, -0.15) is 0 Å². The maximum absolute atomic E-state index is 14.2. The molecule has 0 amide bonds. The Hall–Kier alpha value is -2.67. The number of aryl methyl sites for hydroxylation is 1. The lowest BCUT2D eigenvalue weighted by Gasteiger charge is -2.23. The van der Waals surface area contributed by atoms with E-state index < -0.39 is 0 Å². The van der Waals surface area contributed by atoms with E-state index in [9.17, 15) is 9.18 Å². The van der Waals surface area contributed by atoms with Gasteiger partial charge in [-0.25, -0.2) is 19.3 Å². The van der Waals surface area contributed by atoms with Gasteiger partial charge in [0, 0.05) is 17.9 Å². The number of hydrogen-bond donors (Lipinski definition) is 1. The number of nitrogens with two attached hydrogens (primary N) is 1. The number of carbonyl (C=O) groups excluding carboxylic acids is 1. The third-order valence-corrected chi connectivity index (χ3v) is 5.31. The number of hydrogen-bond acceptors (Lipinski definition) is 6. The molecule has 1 aliphatic rings. The zero-order valence-corrected chi connectivity index (χ0v) is 14.3. The van der Waals surface area contributed by atoms with Gasteiger partial charge in [-0.1, -0.05) is 18.2 Å². The van der Waals surface area contributed by atoms with Crippen LogP contribution in [0.1, 0.15) is 39.8 Å². The van der Waals surface area contributed by atoms with Crippen LogP contribution in [-0.2, 0) is 6.42 Å². The number of anilines is 1. The smallest absolute Gasteiger partial charge is 0.220 e. The van der Waals surface area contributed by atoms with Crippen molar-refractivity contribution in [3.8, 4) is 10.4 Å². The van der Waals surface area contributed by atoms with Gasteiger partial charge in [-0.15, -0.1) is 11.3 Å². The number of benzene rings is 1. The molecule has 1 unspecified atom stereocenters. The number of halogens is 1. The monoisotopic (exact) mass is 354 g/mol. The van der Waals surface area contributed by atoms with Crippen LogP contribution in [-0.4, -0.2) is 20.7 Å². The van der Waals surface area contributed by atoms with Gasteiger partial charge in [0.1, 0.15) is 5.82 Å². The molecule has 25 heavy (non-hydrogen) atoms. The average molecular weight is 354 g/mol. The lowest BCUT2D eigenvalue weighted by Crippen LogP contribution is -2.23. The van der Waals surface area contributed by atoms with E-state index in [1.165, 1.54) is 17.4 Å². The van der Waals surface area contributed by atoms with Gasteiger partial charge < -0.3 is 5.73 Å². The number of Topliss-reactive ketones (excluding diaryl/α,β-unsaturated/α-hetero) is 1. The lowest BCUT2D eigenvalue weighted by molar-refractivity contribution is 0.0961. The number of carbonyl (C=O) groups is 1. The average Bonchev–Trinajstić information content (AvgIpc) is 3.03. The summed E-state index contributed by atoms with van der Waals surface area (Å²) < 4.78 is 14.2. The van der Waals surface area contributed by atoms with E-state index in [4.69, 9.17) is 5.73 Å². The number of thiazole rings is 1. The fourth-order valence-electron chi connectivity index (χ4n) is 3.38. The van der Waals surface area contributed by atoms with E-state index in [-0.39, 0.29) is 23.5 Å². The predicted octanol–water partition coefficient (Wildman–Crippen LogP) is 3.54. The molecule has 0 aliphatic heterocycles. The van der Waals surface area contributed by atoms with Crippen LogP contribution in [0.2, 0.25) is 0 Å². The van der Waals surface area contributed by atoms with Crippen LogP contribution in [0.5, 0.6) is 0 Å². The zero-order chi connectivity index (χ0) is 17.6. The molecule has 1 aliphatic carbocycles. The number of aromatic nitrogens is 3. The Morgan fingerprint density at radius 1 is 1.24 bits per heavy atom. The van der Waals surface area contributed by atoms with Crippen molar-refractivity contribution in [1.29, 1.82) is 0 Å². The summed E-state index contributed by atoms with van der Waals surface area (Å²) in [6.07, 6.45) is 0.853. The summed E-state index contributed by atoms with van der Waals surface area (Å²) in [6.45, 7) is 1.77. The maximum Gasteiger partial charge on any atom is 0.220 e. The third kappa shape index (κ3) is 2.70. The largest absolute Gasteiger partial charge is 0.368 e. The Morgan fingerprint density at radius 2 is 2.04 bits per heavy atom. The van der Waals surface area contributed by atoms with Crippen molar-refractivity contribution < 1.29 is 9.18 Å². The first-order chi connectivity index (χ1) is 12.0. The fraction of sp³-hybridized carbons (Fsp3) is 0.222. The zero-order valence-electron chi connectivity index (χ0n) is 13.5. The fourth-order valence-corrected chi connectivity index (χ4v) is 4.29. The Kier molecular flexibility index (Phi) is 3.80. The second-order valence-electron chi connectivity index (χ2n) is 6.06. The number of fused-ring (bicyclic) bond motifs is 1. The highest BCUT2D eigenvalue weighted by molar-refractivity contribution is 7.13. The quantitative estimate of drug-likeness (QED) is 0.761. The minimum absolute atomic E-state index is 0.0174. The molecule has 2 aromatic heterocycles. The van der Waals surface area contributed by atoms with Crippen molar-refractivity contribution in [3.63, 3.8) is 0 Å². The Bertz CT molecular complexity index is 985. The van der Waals surface area contributed by atoms with Crippen LogP contribution in [0.15, 0.2) is 29.8 Å². The molecule has 1 aromatic carbocycles. The van der Waals surface area contributed by atoms with Crippen LogP contribution in [0.25, 0.3) is 10.4 Å². The van der Waals surface area contributed by atoms with Gasteiger partial charge in [0.2, 0.25) is 5.95 Å². The van der Waals surface area contributed by atoms with Crippen molar-refractivity contribution in [2.75, 3.05) is 5.73 Å². The van der Waals surface area contributed by atoms with Crippen molar-refractivity contribution in [1.82, 2.24) is 15.0 Å². The highest BCUT2D eigenvalue weighted by Crippen LogP contribution is 2.39. The first-order valence-corrected chi connectivity index (χ1v) is 8.77. The second-order valence-corrected chi connectivity index (χ2v) is 6.92. The molecule has 7 heteroatoms. The molecule has 0 saturated heterocycles. The highest BCUT2D eigenvalue weighted by atomic mass is 32.1. The van der Waals surface area contributed by atoms with E-state index in [1.807, 2.05) is 0 Å². The number of nitrogen functional groups attached to an aromatic ring is 1. The molecule has 1 atom stereocenters. The molecule has 3 aromatic rings. The minimum Gasteiger partial charge on any atom is -0.368 e. The van der Waals surface area contributed by atoms with Crippen LogP contribution >= 0.6 is 11.3 Å². The molecular weight excluding hydrogens is 339 g/mol. The van der Waals surface area contributed by atoms with Gasteiger partial charge in [0.15, 0.2) is 5.78 Å². The predicted molar refractivity (Wildman–Crippen MR) is 94.1 cm³/mol. The van der Waals surface area contributed by atoms with Gasteiger partial charge in [-0.3, -0.25) is 4.79 Å². The summed E-state index contributed by atoms with van der Waals surface area (Å²) in [5.41, 5.74) is 10.5. The van der Waals surface area contributed by atoms with E-state index in [0.717, 1.165) is 10.6 Å². The van der Waals surface area contributed by atoms with Crippen molar-refractivity contribution >= 4 is 23.1 Å². The SMILES string of the molecule is Cc1nc(N)nc2c1C(=O)CC(c1ncsc1-c1ccccc1F)C2. The molecule has 0 radical (unpaired) electrons. The summed E-state index contributed by atoms with van der Waals surface area (Å²) in [6, 6.07) is 6.61. The number of ketones is 1. The standard InChI is InChI=1S/C18H15FN4OS/c1-9-15-13(23-18(20)22-9)6-10(7-14(15)24)16-17(25-8-21-16)11-4-2-3-5-12(11)19/h2-5,8,10H,6-7H2,1H3,(H2,20,22,23). The first-order valence-electron chi connectivity index (χ1n) is 7.89. The summed E-state index contributed by atoms with van der Waals surface area (Å²) in [7, 11) is 0. The van der Waals surface area contributed by atoms with Crippen molar-refractivity contribution in [2.24, 2.45) is 0 Å². The molecule has 5 nitrogen and oxygen atoms in total. The van der Waals surface area contributed by atoms with Crippen molar-refractivity contribution in [3.05, 3.63) is 58.2 Å². The van der Waals surface area contributed by atoms with Gasteiger partial charge >= 0.3 is 0 Å². The van der Waals surface area contributed by atoms with E-state index >= 15 is 0 Å². The summed E-state index contributed by atoms with van der Waals surface area (Å²) >= 11 is 1.38. The molecule has 0 bridgehead atoms. The van der Waals surface area contributed by atoms with Gasteiger partial charge in [0.05, 0.1) is 33.0 Å². The maximum atomic E-state index is 14.2. The Morgan fingerprint density at radius 3 is 2.84 bits per heavy atom. The normalized spacial score (nSPS) is 16.7. The van der Waals surface area contributed by atoms with Crippen molar-refractivity contribution in [2.45, 2.75) is 25.7 Å². The van der Waals surface area contributed by atoms with E-state index in [2.05, 4.69) is 15.0 Å². The minimum atomic E-state index is -0.294. The molecule has 2 N–H and O–H groups in total. The molecular formula is C18H15FN4OS. The van der Waals surface area contributed by atoms with Crippen LogP contribution in [0.4, 0.5) is 10.3 Å². The molecule has 0 spiro atoms. The lowest BCUT2D eigenvalue weighted by atomic mass is 9.82. The highest BCUT2D eigenvalue weighted by Gasteiger charge is 2.32. The van der Waals surface area contributed by atoms with Gasteiger partial charge in [-0.05, 0) is 19.4 Å². The Labute approximate surface area is 147 Å². The van der Waals surface area contributed by atoms with Crippen LogP contribution in [0, 0.1) is 12.7 Å². The summed E-state index contributed by atoms with van der Waals surface area (Å²) in [4.78, 5) is 26.2. The molecule has 2 heterocycles. The number of nitrogens with zero attached hydrogens (tertiary/aromatic N) is 3. The van der Waals surface area contributed by atoms with Crippen LogP contribution < -0.4 is 5.73 Å². The van der Waals surface area contributed by atoms with Gasteiger partial charge in [0.25, 0.3) is 0 Å². The first kappa shape index (κ1) is 15.8. The number of rotatable bonds is 2. The summed E-state index contributed by atoms with van der Waals surface area (Å²) in [5.74, 6) is -0.291. The topological polar surface area (TPSA) is 81.8 Å². The molecule has 4 rings (SSSR count). The third-order valence-electron chi connectivity index (χ3n) is 4.43.